The van der Waals surface area contributed by atoms with Crippen LogP contribution < -0.4 is 0 Å². The molecule has 0 bridgehead atoms. The number of nitrogens with zero attached hydrogens (tertiary/aromatic N) is 2. The average molecular weight is 102 g/mol. The Labute approximate surface area is 39.4 Å². The van der Waals surface area contributed by atoms with E-state index < -0.39 is 0 Å². The minimum atomic E-state index is -0.289. The number of rotatable bonds is 0. The molecule has 1 rings (SSSR count). The molecule has 0 aromatic carbocycles. The van der Waals surface area contributed by atoms with Crippen molar-refractivity contribution < 1.29 is 9.28 Å². The maximum atomic E-state index is 11.6. The first-order chi connectivity index (χ1) is 3.29. The summed E-state index contributed by atoms with van der Waals surface area (Å²) in [6.07, 6.45) is 0.958. The van der Waals surface area contributed by atoms with Crippen LogP contribution >= 0.6 is 0 Å². The van der Waals surface area contributed by atoms with E-state index in [1.807, 2.05) is 0 Å². The fraction of sp³-hybridized carbons (Fsp3) is 0.333. The lowest BCUT2D eigenvalue weighted by Crippen LogP contribution is -2.07. The molecule has 0 spiro atoms. The highest BCUT2D eigenvalue weighted by molar-refractivity contribution is 6.29. The molecule has 1 heterocycles. The van der Waals surface area contributed by atoms with Crippen LogP contribution in [0.15, 0.2) is 5.10 Å². The Morgan fingerprint density at radius 3 is 2.86 bits per heavy atom. The van der Waals surface area contributed by atoms with E-state index in [0.717, 1.165) is 6.21 Å². The third-order valence-corrected chi connectivity index (χ3v) is 0.613. The van der Waals surface area contributed by atoms with Gasteiger partial charge >= 0.3 is 0 Å². The largest absolute Gasteiger partial charge is 0.291 e. The Kier molecular flexibility index (Phi) is 0.780. The predicted octanol–water partition coefficient (Wildman–Crippen LogP) is -0.259. The van der Waals surface area contributed by atoms with Crippen LogP contribution in [-0.4, -0.2) is 23.8 Å². The molecule has 0 amide bonds. The van der Waals surface area contributed by atoms with Gasteiger partial charge in [0.25, 0.3) is 0 Å². The Morgan fingerprint density at radius 2 is 2.71 bits per heavy atom. The van der Waals surface area contributed by atoms with Crippen LogP contribution in [-0.2, 0) is 4.79 Å². The third-order valence-electron chi connectivity index (χ3n) is 0.613. The van der Waals surface area contributed by atoms with Crippen LogP contribution in [0.2, 0.25) is 0 Å². The predicted molar refractivity (Wildman–Crippen MR) is 21.3 cm³/mol. The van der Waals surface area contributed by atoms with Crippen LogP contribution in [0.4, 0.5) is 4.48 Å². The zero-order valence-corrected chi connectivity index (χ0v) is 3.47. The van der Waals surface area contributed by atoms with Crippen LogP contribution in [0.1, 0.15) is 0 Å². The van der Waals surface area contributed by atoms with Crippen molar-refractivity contribution in [2.45, 2.75) is 0 Å². The van der Waals surface area contributed by atoms with E-state index in [-0.39, 0.29) is 17.6 Å². The van der Waals surface area contributed by atoms with Gasteiger partial charge < -0.3 is 0 Å². The molecule has 0 fully saturated rings. The monoisotopic (exact) mass is 102 g/mol. The lowest BCUT2D eigenvalue weighted by Gasteiger charge is -1.91. The zero-order valence-electron chi connectivity index (χ0n) is 3.47. The second-order valence-electron chi connectivity index (χ2n) is 1.21. The Morgan fingerprint density at radius 1 is 2.00 bits per heavy atom. The van der Waals surface area contributed by atoms with Crippen LogP contribution in [0, 0.1) is 0 Å². The molecule has 0 aromatic heterocycles. The Bertz CT molecular complexity index is 122. The highest BCUT2D eigenvalue weighted by Gasteiger charge is 2.10. The van der Waals surface area contributed by atoms with Crippen molar-refractivity contribution >= 4 is 12.0 Å². The standard InChI is InChI=1S/C3H3FN2O/c4-6-2-3(7)1-5-6/h1H,2H2. The average Bonchev–Trinajstić information content (AvgIpc) is 1.87. The summed E-state index contributed by atoms with van der Waals surface area (Å²) in [5, 5.41) is 3.11. The van der Waals surface area contributed by atoms with Crippen LogP contribution in [0.5, 0.6) is 0 Å². The van der Waals surface area contributed by atoms with Gasteiger partial charge in [-0.3, -0.25) is 4.79 Å². The van der Waals surface area contributed by atoms with E-state index in [9.17, 15) is 9.28 Å². The Balaban J connectivity index is 2.58. The first kappa shape index (κ1) is 4.23. The number of hydrazone groups is 1. The molecule has 7 heavy (non-hydrogen) atoms. The normalized spacial score (nSPS) is 19.0. The molecule has 0 saturated heterocycles. The van der Waals surface area contributed by atoms with E-state index in [0.29, 0.717) is 0 Å². The summed E-state index contributed by atoms with van der Waals surface area (Å²) in [6, 6.07) is 0. The second kappa shape index (κ2) is 1.29. The molecule has 38 valence electrons. The molecule has 3 nitrogen and oxygen atoms in total. The number of Topliss-reactive ketones (excluding diaryl/α,β-unsaturated/α-hetero) is 1. The minimum absolute atomic E-state index is 0.0995. The van der Waals surface area contributed by atoms with Gasteiger partial charge in [-0.15, -0.1) is 5.23 Å². The SMILES string of the molecule is O=C1C=NN(F)C1. The minimum Gasteiger partial charge on any atom is -0.291 e. The highest BCUT2D eigenvalue weighted by Crippen LogP contribution is 1.94. The van der Waals surface area contributed by atoms with Crippen molar-refractivity contribution in [3.8, 4) is 0 Å². The lowest BCUT2D eigenvalue weighted by atomic mass is 10.5. The zero-order chi connectivity index (χ0) is 5.28. The summed E-state index contributed by atoms with van der Waals surface area (Å²) in [4.78, 5) is 10.0. The summed E-state index contributed by atoms with van der Waals surface area (Å²) in [7, 11) is 0. The number of hydrogen-bond donors (Lipinski definition) is 0. The van der Waals surface area contributed by atoms with E-state index >= 15 is 0 Å². The molecule has 4 heteroatoms. The van der Waals surface area contributed by atoms with Gasteiger partial charge in [-0.2, -0.15) is 5.10 Å². The van der Waals surface area contributed by atoms with Gasteiger partial charge in [0.2, 0.25) is 0 Å². The second-order valence-corrected chi connectivity index (χ2v) is 1.21. The molecule has 0 atom stereocenters. The van der Waals surface area contributed by atoms with Gasteiger partial charge in [0.15, 0.2) is 5.78 Å². The molecule has 1 aliphatic rings. The Hall–Kier alpha value is -0.930. The summed E-state index contributed by atoms with van der Waals surface area (Å²) >= 11 is 0. The van der Waals surface area contributed by atoms with Crippen molar-refractivity contribution in [3.05, 3.63) is 0 Å². The van der Waals surface area contributed by atoms with E-state index in [1.165, 1.54) is 0 Å². The van der Waals surface area contributed by atoms with Gasteiger partial charge in [0.1, 0.15) is 6.54 Å². The van der Waals surface area contributed by atoms with E-state index in [1.54, 1.807) is 0 Å². The molecule has 0 N–H and O–H groups in total. The number of carbonyl (C=O) groups excluding carboxylic acids is 1. The van der Waals surface area contributed by atoms with Crippen molar-refractivity contribution in [1.82, 2.24) is 5.23 Å². The highest BCUT2D eigenvalue weighted by atomic mass is 19.2. The van der Waals surface area contributed by atoms with Gasteiger partial charge in [-0.25, -0.2) is 0 Å². The number of hydrogen-bond acceptors (Lipinski definition) is 3. The van der Waals surface area contributed by atoms with Gasteiger partial charge in [-0.1, -0.05) is 4.48 Å². The maximum Gasteiger partial charge on any atom is 0.199 e. The topological polar surface area (TPSA) is 32.7 Å². The number of halogens is 1. The lowest BCUT2D eigenvalue weighted by molar-refractivity contribution is -0.115. The van der Waals surface area contributed by atoms with Crippen LogP contribution in [0.3, 0.4) is 0 Å². The summed E-state index contributed by atoms with van der Waals surface area (Å²) in [5.74, 6) is -0.289. The van der Waals surface area contributed by atoms with Gasteiger partial charge in [0.05, 0.1) is 6.21 Å². The first-order valence-electron chi connectivity index (χ1n) is 1.79. The quantitative estimate of drug-likeness (QED) is 0.395. The molecule has 1 aliphatic heterocycles. The van der Waals surface area contributed by atoms with Crippen molar-refractivity contribution in [2.75, 3.05) is 6.54 Å². The van der Waals surface area contributed by atoms with E-state index in [4.69, 9.17) is 0 Å². The van der Waals surface area contributed by atoms with Crippen LogP contribution in [0.25, 0.3) is 0 Å². The molecule has 0 unspecified atom stereocenters. The summed E-state index contributed by atoms with van der Waals surface area (Å²) in [6.45, 7) is -0.222. The molecule has 0 radical (unpaired) electrons. The number of ketones is 1. The van der Waals surface area contributed by atoms with Crippen molar-refractivity contribution in [1.29, 1.82) is 0 Å². The molecule has 0 saturated carbocycles. The van der Waals surface area contributed by atoms with Crippen molar-refractivity contribution in [3.63, 3.8) is 0 Å². The fourth-order valence-electron chi connectivity index (χ4n) is 0.337. The first-order valence-corrected chi connectivity index (χ1v) is 1.79. The molecule has 0 aromatic rings. The van der Waals surface area contributed by atoms with Gasteiger partial charge in [-0.05, 0) is 0 Å². The van der Waals surface area contributed by atoms with Gasteiger partial charge in [0, 0.05) is 0 Å². The number of carbonyl (C=O) groups is 1. The summed E-state index contributed by atoms with van der Waals surface area (Å²) < 4.78 is 11.6. The fourth-order valence-corrected chi connectivity index (χ4v) is 0.337. The van der Waals surface area contributed by atoms with Crippen molar-refractivity contribution in [2.24, 2.45) is 5.10 Å². The summed E-state index contributed by atoms with van der Waals surface area (Å²) in [5.41, 5.74) is 0. The molecular weight excluding hydrogens is 99.0 g/mol. The molecule has 0 aliphatic carbocycles. The smallest absolute Gasteiger partial charge is 0.199 e. The third kappa shape index (κ3) is 0.734. The van der Waals surface area contributed by atoms with E-state index in [2.05, 4.69) is 5.10 Å². The molecular formula is C3H3FN2O. The maximum absolute atomic E-state index is 11.6.